The normalized spacial score (nSPS) is 9.96. The fraction of sp³-hybridized carbons (Fsp3) is 0.150. The summed E-state index contributed by atoms with van der Waals surface area (Å²) in [5.41, 5.74) is 3.03. The Bertz CT molecular complexity index is 952. The van der Waals surface area contributed by atoms with Gasteiger partial charge in [-0.3, -0.25) is 9.97 Å². The quantitative estimate of drug-likeness (QED) is 0.707. The number of rotatable bonds is 4. The third-order valence-electron chi connectivity index (χ3n) is 4.37. The Hall–Kier alpha value is -3.97. The average Bonchev–Trinajstić information content (AvgIpc) is 2.73. The highest BCUT2D eigenvalue weighted by atomic mass is 15.2. The van der Waals surface area contributed by atoms with Crippen LogP contribution in [0.4, 0.5) is 23.0 Å². The third kappa shape index (κ3) is 3.26. The first-order chi connectivity index (χ1) is 13.1. The van der Waals surface area contributed by atoms with Crippen molar-refractivity contribution in [2.75, 3.05) is 23.9 Å². The Labute approximate surface area is 157 Å². The van der Waals surface area contributed by atoms with Gasteiger partial charge in [0.05, 0.1) is 11.1 Å². The molecule has 0 saturated heterocycles. The predicted molar refractivity (Wildman–Crippen MR) is 103 cm³/mol. The SMILES string of the molecule is Cc1c(C#N)c(N(C)c2ccncc2)nc(N(C)c2ccncc2)c1C#N. The van der Waals surface area contributed by atoms with Gasteiger partial charge in [0, 0.05) is 50.3 Å². The van der Waals surface area contributed by atoms with Gasteiger partial charge >= 0.3 is 0 Å². The summed E-state index contributed by atoms with van der Waals surface area (Å²) in [5, 5.41) is 19.4. The number of pyridine rings is 3. The van der Waals surface area contributed by atoms with Crippen LogP contribution in [-0.2, 0) is 0 Å². The van der Waals surface area contributed by atoms with Gasteiger partial charge in [-0.15, -0.1) is 0 Å². The molecule has 0 unspecified atom stereocenters. The number of anilines is 4. The maximum atomic E-state index is 9.70. The van der Waals surface area contributed by atoms with E-state index in [-0.39, 0.29) is 0 Å². The molecule has 0 aromatic carbocycles. The van der Waals surface area contributed by atoms with E-state index < -0.39 is 0 Å². The Morgan fingerprint density at radius 1 is 0.741 bits per heavy atom. The highest BCUT2D eigenvalue weighted by Crippen LogP contribution is 2.34. The predicted octanol–water partition coefficient (Wildman–Crippen LogP) is 3.46. The lowest BCUT2D eigenvalue weighted by Crippen LogP contribution is -2.19. The van der Waals surface area contributed by atoms with Crippen LogP contribution in [0, 0.1) is 29.6 Å². The van der Waals surface area contributed by atoms with Crippen molar-refractivity contribution in [3.05, 3.63) is 65.7 Å². The minimum absolute atomic E-state index is 0.373. The Balaban J connectivity index is 2.22. The number of nitriles is 2. The lowest BCUT2D eigenvalue weighted by molar-refractivity contribution is 1.05. The van der Waals surface area contributed by atoms with Crippen LogP contribution in [0.25, 0.3) is 0 Å². The van der Waals surface area contributed by atoms with E-state index in [1.165, 1.54) is 0 Å². The molecule has 0 fully saturated rings. The van der Waals surface area contributed by atoms with Gasteiger partial charge in [-0.2, -0.15) is 10.5 Å². The van der Waals surface area contributed by atoms with Crippen molar-refractivity contribution in [2.45, 2.75) is 6.92 Å². The fourth-order valence-electron chi connectivity index (χ4n) is 2.81. The van der Waals surface area contributed by atoms with Crippen LogP contribution in [0.15, 0.2) is 49.1 Å². The zero-order valence-corrected chi connectivity index (χ0v) is 15.2. The van der Waals surface area contributed by atoms with Gasteiger partial charge in [-0.25, -0.2) is 4.98 Å². The molecule has 27 heavy (non-hydrogen) atoms. The molecule has 3 aromatic heterocycles. The minimum atomic E-state index is 0.373. The van der Waals surface area contributed by atoms with E-state index in [9.17, 15) is 10.5 Å². The van der Waals surface area contributed by atoms with Gasteiger partial charge in [-0.1, -0.05) is 0 Å². The van der Waals surface area contributed by atoms with Gasteiger partial charge in [0.25, 0.3) is 0 Å². The molecular weight excluding hydrogens is 338 g/mol. The molecule has 0 radical (unpaired) electrons. The molecule has 3 aromatic rings. The summed E-state index contributed by atoms with van der Waals surface area (Å²) in [4.78, 5) is 16.4. The molecule has 0 aliphatic carbocycles. The van der Waals surface area contributed by atoms with E-state index in [4.69, 9.17) is 4.98 Å². The van der Waals surface area contributed by atoms with Crippen LogP contribution in [-0.4, -0.2) is 29.0 Å². The number of hydrogen-bond donors (Lipinski definition) is 0. The van der Waals surface area contributed by atoms with Crippen molar-refractivity contribution in [3.63, 3.8) is 0 Å². The van der Waals surface area contributed by atoms with E-state index in [1.807, 2.05) is 48.2 Å². The highest BCUT2D eigenvalue weighted by Gasteiger charge is 2.22. The second-order valence-corrected chi connectivity index (χ2v) is 5.89. The van der Waals surface area contributed by atoms with E-state index in [1.54, 1.807) is 31.7 Å². The zero-order chi connectivity index (χ0) is 19.4. The maximum absolute atomic E-state index is 9.70. The van der Waals surface area contributed by atoms with Crippen molar-refractivity contribution in [1.82, 2.24) is 15.0 Å². The summed E-state index contributed by atoms with van der Waals surface area (Å²) in [6.45, 7) is 1.77. The number of nitrogens with zero attached hydrogens (tertiary/aromatic N) is 7. The lowest BCUT2D eigenvalue weighted by Gasteiger charge is -2.25. The third-order valence-corrected chi connectivity index (χ3v) is 4.37. The van der Waals surface area contributed by atoms with Crippen LogP contribution in [0.5, 0.6) is 0 Å². The Morgan fingerprint density at radius 3 is 1.44 bits per heavy atom. The molecule has 0 spiro atoms. The molecule has 0 amide bonds. The summed E-state index contributed by atoms with van der Waals surface area (Å²) < 4.78 is 0. The summed E-state index contributed by atoms with van der Waals surface area (Å²) in [5.74, 6) is 0.965. The van der Waals surface area contributed by atoms with Crippen molar-refractivity contribution >= 4 is 23.0 Å². The number of hydrogen-bond acceptors (Lipinski definition) is 7. The molecule has 0 N–H and O–H groups in total. The van der Waals surface area contributed by atoms with Crippen LogP contribution in [0.1, 0.15) is 16.7 Å². The Kier molecular flexibility index (Phi) is 4.96. The van der Waals surface area contributed by atoms with Crippen molar-refractivity contribution < 1.29 is 0 Å². The smallest absolute Gasteiger partial charge is 0.153 e. The molecule has 132 valence electrons. The minimum Gasteiger partial charge on any atom is -0.328 e. The molecule has 0 saturated carbocycles. The summed E-state index contributed by atoms with van der Waals surface area (Å²) in [7, 11) is 3.67. The Morgan fingerprint density at radius 2 is 1.11 bits per heavy atom. The standard InChI is InChI=1S/C20H17N7/c1-14-17(12-21)19(26(2)15-4-8-23-9-5-15)25-20(18(14)13-22)27(3)16-6-10-24-11-7-16/h4-11H,1-3H3. The first-order valence-electron chi connectivity index (χ1n) is 8.20. The summed E-state index contributed by atoms with van der Waals surface area (Å²) >= 11 is 0. The van der Waals surface area contributed by atoms with Gasteiger partial charge < -0.3 is 9.80 Å². The molecule has 0 atom stereocenters. The van der Waals surface area contributed by atoms with Crippen molar-refractivity contribution in [2.24, 2.45) is 0 Å². The van der Waals surface area contributed by atoms with E-state index in [2.05, 4.69) is 22.1 Å². The molecular formula is C20H17N7. The largest absolute Gasteiger partial charge is 0.328 e. The summed E-state index contributed by atoms with van der Waals surface area (Å²) in [6, 6.07) is 11.7. The van der Waals surface area contributed by atoms with Gasteiger partial charge in [-0.05, 0) is 36.8 Å². The van der Waals surface area contributed by atoms with Crippen molar-refractivity contribution in [1.29, 1.82) is 10.5 Å². The zero-order valence-electron chi connectivity index (χ0n) is 15.2. The topological polar surface area (TPSA) is 92.7 Å². The monoisotopic (exact) mass is 355 g/mol. The highest BCUT2D eigenvalue weighted by molar-refractivity contribution is 5.76. The van der Waals surface area contributed by atoms with Gasteiger partial charge in [0.1, 0.15) is 12.1 Å². The lowest BCUT2D eigenvalue weighted by atomic mass is 10.0. The molecule has 3 heterocycles. The van der Waals surface area contributed by atoms with E-state index in [0.717, 1.165) is 11.4 Å². The van der Waals surface area contributed by atoms with Gasteiger partial charge in [0.2, 0.25) is 0 Å². The fourth-order valence-corrected chi connectivity index (χ4v) is 2.81. The second-order valence-electron chi connectivity index (χ2n) is 5.89. The number of aromatic nitrogens is 3. The van der Waals surface area contributed by atoms with Gasteiger partial charge in [0.15, 0.2) is 11.6 Å². The van der Waals surface area contributed by atoms with Crippen LogP contribution in [0.2, 0.25) is 0 Å². The van der Waals surface area contributed by atoms with Crippen LogP contribution >= 0.6 is 0 Å². The molecule has 3 rings (SSSR count). The molecule has 7 nitrogen and oxygen atoms in total. The van der Waals surface area contributed by atoms with Crippen molar-refractivity contribution in [3.8, 4) is 12.1 Å². The first-order valence-corrected chi connectivity index (χ1v) is 8.20. The van der Waals surface area contributed by atoms with Crippen LogP contribution < -0.4 is 9.80 Å². The molecule has 0 aliphatic heterocycles. The molecule has 7 heteroatoms. The second kappa shape index (κ2) is 7.51. The summed E-state index contributed by atoms with van der Waals surface area (Å²) in [6.07, 6.45) is 6.72. The average molecular weight is 355 g/mol. The van der Waals surface area contributed by atoms with Crippen LogP contribution in [0.3, 0.4) is 0 Å². The molecule has 0 aliphatic rings. The first kappa shape index (κ1) is 17.8. The molecule has 0 bridgehead atoms. The van der Waals surface area contributed by atoms with E-state index >= 15 is 0 Å². The maximum Gasteiger partial charge on any atom is 0.153 e. The van der Waals surface area contributed by atoms with E-state index in [0.29, 0.717) is 28.3 Å².